The van der Waals surface area contributed by atoms with Crippen LogP contribution in [0.2, 0.25) is 0 Å². The highest BCUT2D eigenvalue weighted by molar-refractivity contribution is 5.67. The van der Waals surface area contributed by atoms with Crippen molar-refractivity contribution in [3.05, 3.63) is 23.7 Å². The zero-order valence-corrected chi connectivity index (χ0v) is 10.2. The van der Waals surface area contributed by atoms with Crippen molar-refractivity contribution >= 4 is 5.97 Å². The van der Waals surface area contributed by atoms with Gasteiger partial charge in [-0.25, -0.2) is 0 Å². The molecule has 1 unspecified atom stereocenters. The van der Waals surface area contributed by atoms with Gasteiger partial charge in [-0.1, -0.05) is 0 Å². The normalized spacial score (nSPS) is 21.6. The molecule has 4 heteroatoms. The Morgan fingerprint density at radius 3 is 3.12 bits per heavy atom. The van der Waals surface area contributed by atoms with Crippen molar-refractivity contribution in [1.82, 2.24) is 4.90 Å². The van der Waals surface area contributed by atoms with Crippen molar-refractivity contribution in [2.24, 2.45) is 5.92 Å². The Balaban J connectivity index is 1.89. The van der Waals surface area contributed by atoms with Crippen LogP contribution in [0.15, 0.2) is 16.7 Å². The molecule has 0 bridgehead atoms. The van der Waals surface area contributed by atoms with Gasteiger partial charge in [-0.2, -0.15) is 0 Å². The minimum atomic E-state index is -0.689. The molecule has 1 aliphatic rings. The van der Waals surface area contributed by atoms with Crippen molar-refractivity contribution < 1.29 is 14.3 Å². The van der Waals surface area contributed by atoms with Gasteiger partial charge in [0.05, 0.1) is 12.8 Å². The second kappa shape index (κ2) is 5.36. The maximum absolute atomic E-state index is 10.7. The number of aliphatic carboxylic acids is 1. The molecule has 0 aromatic carbocycles. The molecule has 1 atom stereocenters. The summed E-state index contributed by atoms with van der Waals surface area (Å²) in [5.41, 5.74) is 1.17. The van der Waals surface area contributed by atoms with Gasteiger partial charge in [-0.3, -0.25) is 9.69 Å². The molecule has 0 radical (unpaired) electrons. The summed E-state index contributed by atoms with van der Waals surface area (Å²) in [5.74, 6) is 0.600. The first-order valence-corrected chi connectivity index (χ1v) is 6.12. The monoisotopic (exact) mass is 237 g/mol. The first kappa shape index (κ1) is 12.2. The fraction of sp³-hybridized carbons (Fsp3) is 0.615. The molecule has 2 heterocycles. The molecule has 1 fully saturated rings. The summed E-state index contributed by atoms with van der Waals surface area (Å²) in [6, 6.07) is 1.97. The van der Waals surface area contributed by atoms with Crippen LogP contribution in [-0.4, -0.2) is 29.1 Å². The van der Waals surface area contributed by atoms with Gasteiger partial charge in [-0.15, -0.1) is 0 Å². The first-order valence-electron chi connectivity index (χ1n) is 6.12. The lowest BCUT2D eigenvalue weighted by molar-refractivity contribution is -0.138. The Morgan fingerprint density at radius 2 is 2.47 bits per heavy atom. The van der Waals surface area contributed by atoms with E-state index in [1.54, 1.807) is 6.26 Å². The van der Waals surface area contributed by atoms with E-state index < -0.39 is 5.97 Å². The van der Waals surface area contributed by atoms with E-state index in [4.69, 9.17) is 9.52 Å². The standard InChI is InChI=1S/C13H19NO3/c1-10-4-6-17-12(10)9-14-5-2-3-11(8-14)7-13(15)16/h4,6,11H,2-3,5,7-9H2,1H3,(H,15,16). The van der Waals surface area contributed by atoms with E-state index in [2.05, 4.69) is 4.90 Å². The minimum Gasteiger partial charge on any atom is -0.481 e. The van der Waals surface area contributed by atoms with Crippen LogP contribution in [0.4, 0.5) is 0 Å². The van der Waals surface area contributed by atoms with Gasteiger partial charge >= 0.3 is 5.97 Å². The number of aryl methyl sites for hydroxylation is 1. The number of furan rings is 1. The molecule has 17 heavy (non-hydrogen) atoms. The lowest BCUT2D eigenvalue weighted by atomic mass is 9.95. The van der Waals surface area contributed by atoms with Gasteiger partial charge in [0.25, 0.3) is 0 Å². The van der Waals surface area contributed by atoms with Crippen molar-refractivity contribution in [1.29, 1.82) is 0 Å². The molecule has 0 saturated carbocycles. The van der Waals surface area contributed by atoms with Gasteiger partial charge in [0, 0.05) is 13.0 Å². The Hall–Kier alpha value is -1.29. The number of carboxylic acid groups (broad SMARTS) is 1. The first-order chi connectivity index (χ1) is 8.15. The van der Waals surface area contributed by atoms with Gasteiger partial charge in [0.15, 0.2) is 0 Å². The maximum atomic E-state index is 10.7. The summed E-state index contributed by atoms with van der Waals surface area (Å²) in [6.45, 7) is 4.75. The Bertz CT molecular complexity index is 386. The van der Waals surface area contributed by atoms with Crippen LogP contribution in [0.1, 0.15) is 30.6 Å². The lowest BCUT2D eigenvalue weighted by Crippen LogP contribution is -2.35. The van der Waals surface area contributed by atoms with Gasteiger partial charge in [0.1, 0.15) is 5.76 Å². The SMILES string of the molecule is Cc1ccoc1CN1CCCC(CC(=O)O)C1. The van der Waals surface area contributed by atoms with Crippen molar-refractivity contribution in [3.63, 3.8) is 0 Å². The summed E-state index contributed by atoms with van der Waals surface area (Å²) in [5, 5.41) is 8.82. The zero-order chi connectivity index (χ0) is 12.3. The Labute approximate surface area is 101 Å². The van der Waals surface area contributed by atoms with Gasteiger partial charge < -0.3 is 9.52 Å². The fourth-order valence-corrected chi connectivity index (χ4v) is 2.48. The van der Waals surface area contributed by atoms with Crippen molar-refractivity contribution in [2.75, 3.05) is 13.1 Å². The van der Waals surface area contributed by atoms with Crippen LogP contribution in [0.5, 0.6) is 0 Å². The number of nitrogens with zero attached hydrogens (tertiary/aromatic N) is 1. The molecule has 94 valence electrons. The number of hydrogen-bond acceptors (Lipinski definition) is 3. The second-order valence-corrected chi connectivity index (χ2v) is 4.87. The summed E-state index contributed by atoms with van der Waals surface area (Å²) in [7, 11) is 0. The summed E-state index contributed by atoms with van der Waals surface area (Å²) < 4.78 is 5.43. The molecular formula is C13H19NO3. The van der Waals surface area contributed by atoms with E-state index in [1.807, 2.05) is 13.0 Å². The van der Waals surface area contributed by atoms with E-state index >= 15 is 0 Å². The third-order valence-electron chi connectivity index (χ3n) is 3.40. The number of hydrogen-bond donors (Lipinski definition) is 1. The molecule has 1 aromatic heterocycles. The van der Waals surface area contributed by atoms with Crippen LogP contribution < -0.4 is 0 Å². The van der Waals surface area contributed by atoms with Crippen LogP contribution in [-0.2, 0) is 11.3 Å². The zero-order valence-electron chi connectivity index (χ0n) is 10.2. The van der Waals surface area contributed by atoms with Crippen LogP contribution in [0.3, 0.4) is 0 Å². The molecule has 0 spiro atoms. The number of carboxylic acids is 1. The van der Waals surface area contributed by atoms with Gasteiger partial charge in [0.2, 0.25) is 0 Å². The predicted octanol–water partition coefficient (Wildman–Crippen LogP) is 2.27. The summed E-state index contributed by atoms with van der Waals surface area (Å²) in [4.78, 5) is 13.0. The molecular weight excluding hydrogens is 218 g/mol. The third-order valence-corrected chi connectivity index (χ3v) is 3.40. The van der Waals surface area contributed by atoms with Crippen molar-refractivity contribution in [3.8, 4) is 0 Å². The second-order valence-electron chi connectivity index (χ2n) is 4.87. The molecule has 0 amide bonds. The van der Waals surface area contributed by atoms with Crippen LogP contribution in [0.25, 0.3) is 0 Å². The molecule has 1 N–H and O–H groups in total. The average molecular weight is 237 g/mol. The lowest BCUT2D eigenvalue weighted by Gasteiger charge is -2.31. The van der Waals surface area contributed by atoms with Crippen molar-refractivity contribution in [2.45, 2.75) is 32.7 Å². The highest BCUT2D eigenvalue weighted by Crippen LogP contribution is 2.22. The van der Waals surface area contributed by atoms with E-state index in [0.29, 0.717) is 0 Å². The quantitative estimate of drug-likeness (QED) is 0.872. The van der Waals surface area contributed by atoms with E-state index in [0.717, 1.165) is 38.2 Å². The number of piperidine rings is 1. The number of rotatable bonds is 4. The highest BCUT2D eigenvalue weighted by atomic mass is 16.4. The van der Waals surface area contributed by atoms with Crippen LogP contribution >= 0.6 is 0 Å². The summed E-state index contributed by atoms with van der Waals surface area (Å²) in [6.07, 6.45) is 4.11. The van der Waals surface area contributed by atoms with Crippen LogP contribution in [0, 0.1) is 12.8 Å². The van der Waals surface area contributed by atoms with E-state index in [-0.39, 0.29) is 12.3 Å². The molecule has 1 aliphatic heterocycles. The van der Waals surface area contributed by atoms with E-state index in [1.165, 1.54) is 5.56 Å². The molecule has 0 aliphatic carbocycles. The molecule has 2 rings (SSSR count). The van der Waals surface area contributed by atoms with E-state index in [9.17, 15) is 4.79 Å². The van der Waals surface area contributed by atoms with Gasteiger partial charge in [-0.05, 0) is 43.9 Å². The highest BCUT2D eigenvalue weighted by Gasteiger charge is 2.22. The minimum absolute atomic E-state index is 0.285. The molecule has 4 nitrogen and oxygen atoms in total. The third kappa shape index (κ3) is 3.33. The average Bonchev–Trinajstić information content (AvgIpc) is 2.64. The summed E-state index contributed by atoms with van der Waals surface area (Å²) >= 11 is 0. The topological polar surface area (TPSA) is 53.7 Å². The largest absolute Gasteiger partial charge is 0.481 e. The Morgan fingerprint density at radius 1 is 1.65 bits per heavy atom. The Kier molecular flexibility index (Phi) is 3.84. The maximum Gasteiger partial charge on any atom is 0.303 e. The molecule has 1 aromatic rings. The number of carbonyl (C=O) groups is 1. The number of likely N-dealkylation sites (tertiary alicyclic amines) is 1. The predicted molar refractivity (Wildman–Crippen MR) is 63.7 cm³/mol. The molecule has 1 saturated heterocycles. The smallest absolute Gasteiger partial charge is 0.303 e. The fourth-order valence-electron chi connectivity index (χ4n) is 2.48.